The van der Waals surface area contributed by atoms with Crippen molar-refractivity contribution in [3.05, 3.63) is 76.4 Å². The number of nitrogens with zero attached hydrogens (tertiary/aromatic N) is 4. The van der Waals surface area contributed by atoms with Crippen LogP contribution in [0.4, 0.5) is 11.4 Å². The molecule has 1 aromatic heterocycles. The van der Waals surface area contributed by atoms with Gasteiger partial charge in [-0.1, -0.05) is 44.5 Å². The van der Waals surface area contributed by atoms with Gasteiger partial charge in [0.05, 0.1) is 17.9 Å². The summed E-state index contributed by atoms with van der Waals surface area (Å²) in [4.78, 5) is 19.3. The molecule has 0 radical (unpaired) electrons. The molecule has 2 atom stereocenters. The Balaban J connectivity index is 1.62. The Hall–Kier alpha value is -3.16. The van der Waals surface area contributed by atoms with E-state index in [-0.39, 0.29) is 11.8 Å². The van der Waals surface area contributed by atoms with E-state index in [0.29, 0.717) is 5.69 Å². The van der Waals surface area contributed by atoms with Gasteiger partial charge >= 0.3 is 0 Å². The molecule has 3 aromatic rings. The van der Waals surface area contributed by atoms with Crippen LogP contribution in [0.25, 0.3) is 0 Å². The molecule has 2 aromatic carbocycles. The van der Waals surface area contributed by atoms with Gasteiger partial charge in [-0.25, -0.2) is 10.8 Å². The molecule has 4 N–H and O–H groups in total. The fourth-order valence-corrected chi connectivity index (χ4v) is 5.85. The second kappa shape index (κ2) is 12.1. The molecule has 38 heavy (non-hydrogen) atoms. The number of rotatable bonds is 10. The van der Waals surface area contributed by atoms with Crippen molar-refractivity contribution in [1.82, 2.24) is 14.5 Å². The average molecular weight is 517 g/mol. The third-order valence-corrected chi connectivity index (χ3v) is 8.51. The van der Waals surface area contributed by atoms with Crippen molar-refractivity contribution in [3.8, 4) is 0 Å². The molecule has 0 bridgehead atoms. The molecular weight excluding hydrogens is 472 g/mol. The molecule has 7 heteroatoms. The van der Waals surface area contributed by atoms with Crippen LogP contribution in [-0.2, 0) is 17.9 Å². The van der Waals surface area contributed by atoms with Gasteiger partial charge in [0.15, 0.2) is 0 Å². The highest BCUT2D eigenvalue weighted by Crippen LogP contribution is 2.38. The first-order valence-corrected chi connectivity index (χ1v) is 13.9. The monoisotopic (exact) mass is 516 g/mol. The molecule has 7 nitrogen and oxygen atoms in total. The van der Waals surface area contributed by atoms with Gasteiger partial charge < -0.3 is 20.1 Å². The zero-order valence-electron chi connectivity index (χ0n) is 23.7. The van der Waals surface area contributed by atoms with E-state index in [1.165, 1.54) is 35.4 Å². The number of aromatic nitrogens is 2. The lowest BCUT2D eigenvalue weighted by molar-refractivity contribution is -0.111. The Kier molecular flexibility index (Phi) is 8.90. The normalized spacial score (nSPS) is 16.4. The number of imidazole rings is 1. The number of aldehydes is 1. The van der Waals surface area contributed by atoms with Gasteiger partial charge in [0.1, 0.15) is 12.1 Å². The average Bonchev–Trinajstić information content (AvgIpc) is 3.34. The second-order valence-corrected chi connectivity index (χ2v) is 11.1. The van der Waals surface area contributed by atoms with Crippen molar-refractivity contribution in [2.75, 3.05) is 30.9 Å². The molecule has 0 saturated carbocycles. The maximum atomic E-state index is 12.1. The number of anilines is 2. The zero-order chi connectivity index (χ0) is 27.4. The van der Waals surface area contributed by atoms with Gasteiger partial charge in [-0.3, -0.25) is 4.90 Å². The lowest BCUT2D eigenvalue weighted by Gasteiger charge is -2.31. The van der Waals surface area contributed by atoms with Crippen molar-refractivity contribution in [2.24, 2.45) is 17.7 Å². The molecular formula is C31H44N6O. The standard InChI is InChI=1S/C31H44N6O/c1-6-24-11-14-36(15-12-24)19-29-34-13-16-37(29)18-26-17-25(8-7-21(26)2)30(22(3)20-38)27-9-10-28(35(5)33)31(32)23(27)4/h7-10,13,16-17,20,22,24,30H,6,11-12,14-15,18-19,32-33H2,1-5H3/t22?,30-/m1/s1. The van der Waals surface area contributed by atoms with E-state index >= 15 is 0 Å². The minimum atomic E-state index is -0.208. The van der Waals surface area contributed by atoms with Gasteiger partial charge in [-0.2, -0.15) is 0 Å². The number of hydrogen-bond acceptors (Lipinski definition) is 6. The molecule has 0 spiro atoms. The molecule has 2 heterocycles. The Morgan fingerprint density at radius 3 is 2.55 bits per heavy atom. The van der Waals surface area contributed by atoms with Crippen LogP contribution in [-0.4, -0.2) is 40.9 Å². The predicted molar refractivity (Wildman–Crippen MR) is 156 cm³/mol. The predicted octanol–water partition coefficient (Wildman–Crippen LogP) is 5.03. The number of nitrogens with two attached hydrogens (primary N) is 2. The highest BCUT2D eigenvalue weighted by atomic mass is 16.1. The SMILES string of the molecule is CCC1CCN(Cc2nccn2Cc2cc([C@H](c3ccc(N(C)N)c(N)c3C)C(C)C=O)ccc2C)CC1. The summed E-state index contributed by atoms with van der Waals surface area (Å²) in [6, 6.07) is 10.6. The van der Waals surface area contributed by atoms with Gasteiger partial charge in [0, 0.05) is 37.8 Å². The fraction of sp³-hybridized carbons (Fsp3) is 0.484. The van der Waals surface area contributed by atoms with E-state index < -0.39 is 0 Å². The van der Waals surface area contributed by atoms with Crippen LogP contribution in [0.5, 0.6) is 0 Å². The summed E-state index contributed by atoms with van der Waals surface area (Å²) in [5.41, 5.74) is 13.5. The second-order valence-electron chi connectivity index (χ2n) is 11.1. The Bertz CT molecular complexity index is 1240. The Labute approximate surface area is 227 Å². The molecule has 1 unspecified atom stereocenters. The lowest BCUT2D eigenvalue weighted by Crippen LogP contribution is -2.34. The number of nitrogen functional groups attached to an aromatic ring is 1. The lowest BCUT2D eigenvalue weighted by atomic mass is 9.79. The van der Waals surface area contributed by atoms with Crippen LogP contribution in [0.3, 0.4) is 0 Å². The number of hydrogen-bond donors (Lipinski definition) is 2. The van der Waals surface area contributed by atoms with Crippen LogP contribution in [0, 0.1) is 25.7 Å². The van der Waals surface area contributed by atoms with Crippen molar-refractivity contribution in [3.63, 3.8) is 0 Å². The van der Waals surface area contributed by atoms with Crippen molar-refractivity contribution in [2.45, 2.75) is 66.0 Å². The first-order chi connectivity index (χ1) is 18.2. The van der Waals surface area contributed by atoms with Crippen molar-refractivity contribution >= 4 is 17.7 Å². The molecule has 0 amide bonds. The van der Waals surface area contributed by atoms with Crippen LogP contribution >= 0.6 is 0 Å². The van der Waals surface area contributed by atoms with Crippen molar-refractivity contribution in [1.29, 1.82) is 0 Å². The molecule has 1 saturated heterocycles. The molecule has 4 rings (SSSR count). The van der Waals surface area contributed by atoms with Crippen LogP contribution in [0.1, 0.15) is 72.7 Å². The van der Waals surface area contributed by atoms with Crippen LogP contribution in [0.2, 0.25) is 0 Å². The minimum absolute atomic E-state index is 0.103. The van der Waals surface area contributed by atoms with Crippen LogP contribution in [0.15, 0.2) is 42.7 Å². The fourth-order valence-electron chi connectivity index (χ4n) is 5.85. The highest BCUT2D eigenvalue weighted by Gasteiger charge is 2.25. The number of aryl methyl sites for hydroxylation is 1. The number of piperidine rings is 1. The molecule has 204 valence electrons. The van der Waals surface area contributed by atoms with Gasteiger partial charge in [-0.05, 0) is 79.6 Å². The number of benzene rings is 2. The summed E-state index contributed by atoms with van der Waals surface area (Å²) in [7, 11) is 1.78. The first-order valence-electron chi connectivity index (χ1n) is 13.9. The van der Waals surface area contributed by atoms with E-state index in [0.717, 1.165) is 66.6 Å². The van der Waals surface area contributed by atoms with E-state index in [2.05, 4.69) is 53.8 Å². The molecule has 1 aliphatic rings. The largest absolute Gasteiger partial charge is 0.397 e. The van der Waals surface area contributed by atoms with E-state index in [1.54, 1.807) is 7.05 Å². The topological polar surface area (TPSA) is 93.4 Å². The minimum Gasteiger partial charge on any atom is -0.397 e. The molecule has 1 aliphatic heterocycles. The smallest absolute Gasteiger partial charge is 0.123 e. The quantitative estimate of drug-likeness (QED) is 0.170. The Morgan fingerprint density at radius 1 is 1.16 bits per heavy atom. The van der Waals surface area contributed by atoms with E-state index in [9.17, 15) is 4.79 Å². The molecule has 0 aliphatic carbocycles. The third-order valence-electron chi connectivity index (χ3n) is 8.51. The summed E-state index contributed by atoms with van der Waals surface area (Å²) in [5.74, 6) is 7.64. The summed E-state index contributed by atoms with van der Waals surface area (Å²) < 4.78 is 2.27. The Morgan fingerprint density at radius 2 is 1.89 bits per heavy atom. The van der Waals surface area contributed by atoms with E-state index in [4.69, 9.17) is 16.6 Å². The van der Waals surface area contributed by atoms with Crippen LogP contribution < -0.4 is 16.6 Å². The third kappa shape index (κ3) is 5.94. The maximum absolute atomic E-state index is 12.1. The first kappa shape index (κ1) is 27.9. The zero-order valence-corrected chi connectivity index (χ0v) is 23.7. The van der Waals surface area contributed by atoms with Gasteiger partial charge in [0.2, 0.25) is 0 Å². The van der Waals surface area contributed by atoms with Gasteiger partial charge in [-0.15, -0.1) is 0 Å². The summed E-state index contributed by atoms with van der Waals surface area (Å²) in [6.07, 6.45) is 8.87. The maximum Gasteiger partial charge on any atom is 0.123 e. The van der Waals surface area contributed by atoms with E-state index in [1.807, 2.05) is 26.1 Å². The number of hydrazine groups is 1. The number of carbonyl (C=O) groups is 1. The highest BCUT2D eigenvalue weighted by molar-refractivity contribution is 5.73. The van der Waals surface area contributed by atoms with Crippen molar-refractivity contribution < 1.29 is 4.79 Å². The summed E-state index contributed by atoms with van der Waals surface area (Å²) in [6.45, 7) is 12.4. The summed E-state index contributed by atoms with van der Waals surface area (Å²) >= 11 is 0. The number of carbonyl (C=O) groups excluding carboxylic acids is 1. The number of likely N-dealkylation sites (tertiary alicyclic amines) is 1. The molecule has 1 fully saturated rings. The summed E-state index contributed by atoms with van der Waals surface area (Å²) in [5, 5.41) is 1.53. The van der Waals surface area contributed by atoms with Gasteiger partial charge in [0.25, 0.3) is 0 Å².